The Morgan fingerprint density at radius 1 is 1.46 bits per heavy atom. The van der Waals surface area contributed by atoms with E-state index in [-0.39, 0.29) is 6.54 Å². The Labute approximate surface area is 90.5 Å². The van der Waals surface area contributed by atoms with Crippen molar-refractivity contribution in [1.29, 1.82) is 0 Å². The standard InChI is InChI=1S/C9H10INO2/c1-11(6-9(12)13)8-4-2-7(10)3-5-8/h2-5H,6H2,1H3,(H,12,13). The van der Waals surface area contributed by atoms with Gasteiger partial charge >= 0.3 is 5.97 Å². The van der Waals surface area contributed by atoms with E-state index in [0.29, 0.717) is 0 Å². The molecule has 0 aromatic heterocycles. The number of rotatable bonds is 3. The number of aliphatic carboxylic acids is 1. The van der Waals surface area contributed by atoms with Gasteiger partial charge in [0.15, 0.2) is 0 Å². The summed E-state index contributed by atoms with van der Waals surface area (Å²) in [5.74, 6) is -0.818. The minimum absolute atomic E-state index is 0.0284. The van der Waals surface area contributed by atoms with E-state index in [0.717, 1.165) is 9.26 Å². The van der Waals surface area contributed by atoms with Crippen molar-refractivity contribution in [3.05, 3.63) is 27.8 Å². The van der Waals surface area contributed by atoms with Crippen molar-refractivity contribution < 1.29 is 9.90 Å². The molecule has 0 aliphatic rings. The molecular weight excluding hydrogens is 281 g/mol. The number of halogens is 1. The van der Waals surface area contributed by atoms with Gasteiger partial charge in [-0.1, -0.05) is 0 Å². The molecule has 13 heavy (non-hydrogen) atoms. The van der Waals surface area contributed by atoms with Gasteiger partial charge in [0, 0.05) is 16.3 Å². The fourth-order valence-electron chi connectivity index (χ4n) is 0.990. The lowest BCUT2D eigenvalue weighted by atomic mass is 10.3. The number of likely N-dealkylation sites (N-methyl/N-ethyl adjacent to an activating group) is 1. The Morgan fingerprint density at radius 2 is 2.00 bits per heavy atom. The molecule has 70 valence electrons. The van der Waals surface area contributed by atoms with Crippen molar-refractivity contribution in [3.8, 4) is 0 Å². The van der Waals surface area contributed by atoms with Crippen LogP contribution in [0.1, 0.15) is 0 Å². The summed E-state index contributed by atoms with van der Waals surface area (Å²) in [6, 6.07) is 7.72. The minimum Gasteiger partial charge on any atom is -0.480 e. The molecule has 0 radical (unpaired) electrons. The Balaban J connectivity index is 2.71. The molecule has 1 rings (SSSR count). The van der Waals surface area contributed by atoms with E-state index in [1.165, 1.54) is 0 Å². The lowest BCUT2D eigenvalue weighted by Gasteiger charge is -2.16. The third kappa shape index (κ3) is 3.22. The Morgan fingerprint density at radius 3 is 2.46 bits per heavy atom. The number of carboxylic acid groups (broad SMARTS) is 1. The van der Waals surface area contributed by atoms with Crippen molar-refractivity contribution in [3.63, 3.8) is 0 Å². The van der Waals surface area contributed by atoms with Crippen LogP contribution in [0.15, 0.2) is 24.3 Å². The number of benzene rings is 1. The summed E-state index contributed by atoms with van der Waals surface area (Å²) in [6.07, 6.45) is 0. The molecule has 0 atom stereocenters. The van der Waals surface area contributed by atoms with Crippen molar-refractivity contribution in [1.82, 2.24) is 0 Å². The second kappa shape index (κ2) is 4.45. The van der Waals surface area contributed by atoms with E-state index in [1.54, 1.807) is 11.9 Å². The quantitative estimate of drug-likeness (QED) is 0.864. The molecular formula is C9H10INO2. The van der Waals surface area contributed by atoms with Crippen LogP contribution >= 0.6 is 22.6 Å². The lowest BCUT2D eigenvalue weighted by molar-refractivity contribution is -0.135. The smallest absolute Gasteiger partial charge is 0.323 e. The van der Waals surface area contributed by atoms with Crippen molar-refractivity contribution >= 4 is 34.2 Å². The zero-order chi connectivity index (χ0) is 9.84. The average molecular weight is 291 g/mol. The molecule has 0 aliphatic heterocycles. The highest BCUT2D eigenvalue weighted by atomic mass is 127. The number of nitrogens with zero attached hydrogens (tertiary/aromatic N) is 1. The van der Waals surface area contributed by atoms with Gasteiger partial charge in [-0.3, -0.25) is 4.79 Å². The van der Waals surface area contributed by atoms with Gasteiger partial charge in [-0.15, -0.1) is 0 Å². The summed E-state index contributed by atoms with van der Waals surface area (Å²) in [5.41, 5.74) is 0.919. The van der Waals surface area contributed by atoms with Gasteiger partial charge in [0.2, 0.25) is 0 Å². The maximum atomic E-state index is 10.4. The van der Waals surface area contributed by atoms with E-state index in [1.807, 2.05) is 24.3 Å². The molecule has 0 saturated heterocycles. The van der Waals surface area contributed by atoms with Crippen LogP contribution < -0.4 is 4.90 Å². The second-order valence-electron chi connectivity index (χ2n) is 2.73. The van der Waals surface area contributed by atoms with Crippen LogP contribution in [0, 0.1) is 3.57 Å². The van der Waals surface area contributed by atoms with E-state index in [4.69, 9.17) is 5.11 Å². The van der Waals surface area contributed by atoms with Crippen molar-refractivity contribution in [2.45, 2.75) is 0 Å². The zero-order valence-electron chi connectivity index (χ0n) is 7.20. The summed E-state index contributed by atoms with van der Waals surface area (Å²) in [6.45, 7) is 0.0284. The minimum atomic E-state index is -0.818. The topological polar surface area (TPSA) is 40.5 Å². The number of hydrogen-bond donors (Lipinski definition) is 1. The molecule has 0 spiro atoms. The van der Waals surface area contributed by atoms with Crippen LogP contribution in [0.25, 0.3) is 0 Å². The molecule has 0 amide bonds. The summed E-state index contributed by atoms with van der Waals surface area (Å²) in [5, 5.41) is 8.56. The monoisotopic (exact) mass is 291 g/mol. The molecule has 4 heteroatoms. The number of hydrogen-bond acceptors (Lipinski definition) is 2. The van der Waals surface area contributed by atoms with Gasteiger partial charge in [-0.05, 0) is 46.9 Å². The van der Waals surface area contributed by atoms with E-state index < -0.39 is 5.97 Å². The Hall–Kier alpha value is -0.780. The van der Waals surface area contributed by atoms with E-state index >= 15 is 0 Å². The van der Waals surface area contributed by atoms with Gasteiger partial charge < -0.3 is 10.0 Å². The average Bonchev–Trinajstić information content (AvgIpc) is 2.04. The molecule has 0 fully saturated rings. The Kier molecular flexibility index (Phi) is 3.53. The zero-order valence-corrected chi connectivity index (χ0v) is 9.35. The fourth-order valence-corrected chi connectivity index (χ4v) is 1.35. The van der Waals surface area contributed by atoms with Gasteiger partial charge in [-0.2, -0.15) is 0 Å². The highest BCUT2D eigenvalue weighted by Gasteiger charge is 2.04. The second-order valence-corrected chi connectivity index (χ2v) is 3.97. The normalized spacial score (nSPS) is 9.69. The molecule has 1 aromatic rings. The van der Waals surface area contributed by atoms with E-state index in [9.17, 15) is 4.79 Å². The molecule has 1 aromatic carbocycles. The van der Waals surface area contributed by atoms with Crippen molar-refractivity contribution in [2.24, 2.45) is 0 Å². The largest absolute Gasteiger partial charge is 0.480 e. The highest BCUT2D eigenvalue weighted by molar-refractivity contribution is 14.1. The predicted octanol–water partition coefficient (Wildman–Crippen LogP) is 1.81. The van der Waals surface area contributed by atoms with Crippen molar-refractivity contribution in [2.75, 3.05) is 18.5 Å². The molecule has 3 nitrogen and oxygen atoms in total. The summed E-state index contributed by atoms with van der Waals surface area (Å²) in [4.78, 5) is 12.1. The van der Waals surface area contributed by atoms with E-state index in [2.05, 4.69) is 22.6 Å². The fraction of sp³-hybridized carbons (Fsp3) is 0.222. The molecule has 0 bridgehead atoms. The summed E-state index contributed by atoms with van der Waals surface area (Å²) >= 11 is 2.21. The number of carboxylic acids is 1. The number of anilines is 1. The lowest BCUT2D eigenvalue weighted by Crippen LogP contribution is -2.24. The van der Waals surface area contributed by atoms with Crippen LogP contribution in [0.3, 0.4) is 0 Å². The molecule has 0 heterocycles. The van der Waals surface area contributed by atoms with Crippen LogP contribution in [-0.2, 0) is 4.79 Å². The first kappa shape index (κ1) is 10.3. The van der Waals surface area contributed by atoms with Crippen LogP contribution in [0.4, 0.5) is 5.69 Å². The summed E-state index contributed by atoms with van der Waals surface area (Å²) < 4.78 is 1.14. The van der Waals surface area contributed by atoms with Gasteiger partial charge in [0.05, 0.1) is 0 Å². The number of carbonyl (C=O) groups is 1. The third-order valence-corrected chi connectivity index (χ3v) is 2.36. The molecule has 0 saturated carbocycles. The van der Waals surface area contributed by atoms with Crippen LogP contribution in [0.2, 0.25) is 0 Å². The third-order valence-electron chi connectivity index (χ3n) is 1.64. The summed E-state index contributed by atoms with van der Waals surface area (Å²) in [7, 11) is 1.76. The SMILES string of the molecule is CN(CC(=O)O)c1ccc(I)cc1. The first-order valence-corrected chi connectivity index (χ1v) is 4.86. The van der Waals surface area contributed by atoms with Crippen LogP contribution in [-0.4, -0.2) is 24.7 Å². The molecule has 0 unspecified atom stereocenters. The molecule has 0 aliphatic carbocycles. The first-order chi connectivity index (χ1) is 6.09. The van der Waals surface area contributed by atoms with Crippen LogP contribution in [0.5, 0.6) is 0 Å². The van der Waals surface area contributed by atoms with Gasteiger partial charge in [0.1, 0.15) is 6.54 Å². The highest BCUT2D eigenvalue weighted by Crippen LogP contribution is 2.14. The Bertz CT molecular complexity index is 297. The maximum Gasteiger partial charge on any atom is 0.323 e. The van der Waals surface area contributed by atoms with Gasteiger partial charge in [0.25, 0.3) is 0 Å². The first-order valence-electron chi connectivity index (χ1n) is 3.78. The maximum absolute atomic E-state index is 10.4. The predicted molar refractivity (Wildman–Crippen MR) is 60.1 cm³/mol. The molecule has 1 N–H and O–H groups in total. The van der Waals surface area contributed by atoms with Gasteiger partial charge in [-0.25, -0.2) is 0 Å².